The minimum absolute atomic E-state index is 0. The molecule has 2 nitrogen and oxygen atoms in total. The van der Waals surface area contributed by atoms with Crippen molar-refractivity contribution in [3.05, 3.63) is 156 Å². The molecular weight excluding hydrogens is 737 g/mol. The Morgan fingerprint density at radius 3 is 2.07 bits per heavy atom. The van der Waals surface area contributed by atoms with E-state index in [0.29, 0.717) is 0 Å². The first-order valence-electron chi connectivity index (χ1n) is 15.6. The molecule has 46 heavy (non-hydrogen) atoms. The molecule has 0 saturated heterocycles. The Hall–Kier alpha value is -4.43. The van der Waals surface area contributed by atoms with Crippen molar-refractivity contribution >= 4 is 21.5 Å². The van der Waals surface area contributed by atoms with Crippen LogP contribution in [0.5, 0.6) is 0 Å². The second-order valence-electron chi connectivity index (χ2n) is 13.4. The second kappa shape index (κ2) is 12.4. The van der Waals surface area contributed by atoms with Gasteiger partial charge in [-0.05, 0) is 56.4 Å². The van der Waals surface area contributed by atoms with Crippen molar-refractivity contribution in [2.45, 2.75) is 45.4 Å². The molecule has 0 N–H and O–H groups in total. The van der Waals surface area contributed by atoms with Crippen LogP contribution in [0.4, 0.5) is 0 Å². The van der Waals surface area contributed by atoms with E-state index in [1.54, 1.807) is 0 Å². The molecular formula is C43H36IrN2-2. The minimum atomic E-state index is 0. The summed E-state index contributed by atoms with van der Waals surface area (Å²) in [5.74, 6) is 0. The number of pyridine rings is 2. The fraction of sp³-hybridized carbons (Fsp3) is 0.163. The van der Waals surface area contributed by atoms with Gasteiger partial charge in [-0.25, -0.2) is 0 Å². The van der Waals surface area contributed by atoms with Gasteiger partial charge in [-0.2, -0.15) is 0 Å². The summed E-state index contributed by atoms with van der Waals surface area (Å²) in [6.45, 7) is 11.3. The smallest absolute Gasteiger partial charge is 0.0163 e. The Kier molecular flexibility index (Phi) is 8.50. The molecule has 229 valence electrons. The molecule has 1 radical (unpaired) electrons. The van der Waals surface area contributed by atoms with Crippen LogP contribution in [0.25, 0.3) is 55.2 Å². The van der Waals surface area contributed by atoms with Crippen molar-refractivity contribution in [3.63, 3.8) is 0 Å². The van der Waals surface area contributed by atoms with Gasteiger partial charge in [0.15, 0.2) is 0 Å². The predicted molar refractivity (Wildman–Crippen MR) is 188 cm³/mol. The first-order valence-corrected chi connectivity index (χ1v) is 15.6. The van der Waals surface area contributed by atoms with E-state index in [0.717, 1.165) is 22.5 Å². The fourth-order valence-electron chi connectivity index (χ4n) is 6.45. The SMILES string of the molecule is CC(C)(C)c1ccnc(-c2[c-]cc3c(c2)-c2ccccc2C3(C)C)c1.[Ir].[c-]1cc2c(ccc3ccccc32)cc1-c1ccccn1. The van der Waals surface area contributed by atoms with Gasteiger partial charge in [0, 0.05) is 32.5 Å². The van der Waals surface area contributed by atoms with Crippen LogP contribution >= 0.6 is 0 Å². The van der Waals surface area contributed by atoms with E-state index in [-0.39, 0.29) is 30.9 Å². The molecule has 0 atom stereocenters. The molecule has 1 aliphatic carbocycles. The number of benzene rings is 5. The Labute approximate surface area is 285 Å². The summed E-state index contributed by atoms with van der Waals surface area (Å²) in [4.78, 5) is 9.00. The van der Waals surface area contributed by atoms with Crippen molar-refractivity contribution < 1.29 is 20.1 Å². The van der Waals surface area contributed by atoms with Gasteiger partial charge in [0.1, 0.15) is 0 Å². The van der Waals surface area contributed by atoms with Gasteiger partial charge in [0.2, 0.25) is 0 Å². The van der Waals surface area contributed by atoms with Crippen molar-refractivity contribution in [3.8, 4) is 33.6 Å². The molecule has 7 aromatic rings. The maximum atomic E-state index is 4.61. The van der Waals surface area contributed by atoms with E-state index < -0.39 is 0 Å². The van der Waals surface area contributed by atoms with Gasteiger partial charge in [0.25, 0.3) is 0 Å². The van der Waals surface area contributed by atoms with E-state index in [2.05, 4.69) is 154 Å². The summed E-state index contributed by atoms with van der Waals surface area (Å²) in [5, 5.41) is 5.00. The summed E-state index contributed by atoms with van der Waals surface area (Å²) in [7, 11) is 0. The molecule has 8 rings (SSSR count). The first kappa shape index (κ1) is 31.5. The zero-order chi connectivity index (χ0) is 31.2. The van der Waals surface area contributed by atoms with Crippen LogP contribution in [-0.4, -0.2) is 9.97 Å². The van der Waals surface area contributed by atoms with Crippen LogP contribution in [0.2, 0.25) is 0 Å². The van der Waals surface area contributed by atoms with Gasteiger partial charge in [-0.1, -0.05) is 130 Å². The van der Waals surface area contributed by atoms with Gasteiger partial charge >= 0.3 is 0 Å². The molecule has 0 spiro atoms. The molecule has 0 bridgehead atoms. The van der Waals surface area contributed by atoms with Crippen molar-refractivity contribution in [2.75, 3.05) is 0 Å². The van der Waals surface area contributed by atoms with Gasteiger partial charge in [-0.15, -0.1) is 58.5 Å². The molecule has 5 aromatic carbocycles. The summed E-state index contributed by atoms with van der Waals surface area (Å²) < 4.78 is 0. The minimum Gasteiger partial charge on any atom is -0.305 e. The topological polar surface area (TPSA) is 25.8 Å². The number of hydrogen-bond acceptors (Lipinski definition) is 2. The van der Waals surface area contributed by atoms with Crippen LogP contribution in [0.1, 0.15) is 51.3 Å². The Morgan fingerprint density at radius 1 is 0.565 bits per heavy atom. The Morgan fingerprint density at radius 2 is 1.26 bits per heavy atom. The van der Waals surface area contributed by atoms with Gasteiger partial charge in [-0.3, -0.25) is 0 Å². The number of aromatic nitrogens is 2. The number of nitrogens with zero attached hydrogens (tertiary/aromatic N) is 2. The van der Waals surface area contributed by atoms with Crippen molar-refractivity contribution in [1.82, 2.24) is 9.97 Å². The molecule has 0 fully saturated rings. The fourth-order valence-corrected chi connectivity index (χ4v) is 6.45. The molecule has 1 aliphatic rings. The van der Waals surface area contributed by atoms with Crippen LogP contribution in [0, 0.1) is 12.1 Å². The summed E-state index contributed by atoms with van der Waals surface area (Å²) in [5.41, 5.74) is 10.9. The number of hydrogen-bond donors (Lipinski definition) is 0. The zero-order valence-electron chi connectivity index (χ0n) is 26.9. The maximum Gasteiger partial charge on any atom is 0.0163 e. The first-order chi connectivity index (χ1) is 21.7. The molecule has 0 amide bonds. The normalized spacial score (nSPS) is 12.9. The summed E-state index contributed by atoms with van der Waals surface area (Å²) in [6, 6.07) is 47.3. The monoisotopic (exact) mass is 773 g/mol. The van der Waals surface area contributed by atoms with E-state index in [9.17, 15) is 0 Å². The molecule has 3 heteroatoms. The number of fused-ring (bicyclic) bond motifs is 6. The average molecular weight is 773 g/mol. The Balaban J connectivity index is 0.000000162. The standard InChI is InChI=1S/C24H24N.C19H12N.Ir/c1-23(2,3)17-12-13-25-22(15-17)16-10-11-21-19(14-16)18-8-6-7-9-20(18)24(21,4)5;1-2-6-17-14(5-1)8-9-15-13-16(10-11-18(15)17)19-7-3-4-12-20-19;/h6-9,11-15H,1-5H3;1-9,11-13H;/q2*-1;. The maximum absolute atomic E-state index is 4.61. The third kappa shape index (κ3) is 5.82. The van der Waals surface area contributed by atoms with Crippen LogP contribution in [0.15, 0.2) is 128 Å². The average Bonchev–Trinajstić information content (AvgIpc) is 3.30. The van der Waals surface area contributed by atoms with Crippen molar-refractivity contribution in [1.29, 1.82) is 0 Å². The molecule has 0 aliphatic heterocycles. The molecule has 2 aromatic heterocycles. The Bertz CT molecular complexity index is 2170. The third-order valence-corrected chi connectivity index (χ3v) is 9.03. The third-order valence-electron chi connectivity index (χ3n) is 9.03. The zero-order valence-corrected chi connectivity index (χ0v) is 29.2. The van der Waals surface area contributed by atoms with Crippen LogP contribution in [-0.2, 0) is 30.9 Å². The largest absolute Gasteiger partial charge is 0.305 e. The molecule has 0 saturated carbocycles. The summed E-state index contributed by atoms with van der Waals surface area (Å²) in [6.07, 6.45) is 3.72. The van der Waals surface area contributed by atoms with Gasteiger partial charge in [0.05, 0.1) is 0 Å². The van der Waals surface area contributed by atoms with Crippen molar-refractivity contribution in [2.24, 2.45) is 0 Å². The number of rotatable bonds is 2. The van der Waals surface area contributed by atoms with E-state index in [1.807, 2.05) is 30.6 Å². The molecule has 0 unspecified atom stereocenters. The molecule has 2 heterocycles. The predicted octanol–water partition coefficient (Wildman–Crippen LogP) is 11.0. The van der Waals surface area contributed by atoms with Gasteiger partial charge < -0.3 is 9.97 Å². The quantitative estimate of drug-likeness (QED) is 0.129. The van der Waals surface area contributed by atoms with Crippen LogP contribution in [0.3, 0.4) is 0 Å². The van der Waals surface area contributed by atoms with E-state index >= 15 is 0 Å². The second-order valence-corrected chi connectivity index (χ2v) is 13.4. The van der Waals surface area contributed by atoms with E-state index in [1.165, 1.54) is 49.4 Å². The summed E-state index contributed by atoms with van der Waals surface area (Å²) >= 11 is 0. The van der Waals surface area contributed by atoms with Crippen LogP contribution < -0.4 is 0 Å². The van der Waals surface area contributed by atoms with E-state index in [4.69, 9.17) is 0 Å².